The number of benzene rings is 2. The van der Waals surface area contributed by atoms with Crippen LogP contribution in [0.1, 0.15) is 10.5 Å². The molecule has 0 aliphatic heterocycles. The Morgan fingerprint density at radius 1 is 1.14 bits per heavy atom. The normalized spacial score (nSPS) is 10.5. The first-order valence-corrected chi connectivity index (χ1v) is 6.98. The molecule has 104 valence electrons. The average molecular weight is 344 g/mol. The van der Waals surface area contributed by atoms with E-state index in [2.05, 4.69) is 31.4 Å². The van der Waals surface area contributed by atoms with Gasteiger partial charge in [-0.3, -0.25) is 9.59 Å². The quantitative estimate of drug-likeness (QED) is 0.751. The van der Waals surface area contributed by atoms with Crippen LogP contribution < -0.4 is 10.9 Å². The second-order valence-electron chi connectivity index (χ2n) is 4.44. The van der Waals surface area contributed by atoms with E-state index in [1.165, 1.54) is 12.1 Å². The van der Waals surface area contributed by atoms with E-state index in [1.807, 2.05) is 36.4 Å². The van der Waals surface area contributed by atoms with E-state index >= 15 is 0 Å². The predicted molar refractivity (Wildman–Crippen MR) is 84.5 cm³/mol. The molecule has 2 N–H and O–H groups in total. The number of anilines is 1. The van der Waals surface area contributed by atoms with Gasteiger partial charge in [0.05, 0.1) is 0 Å². The fourth-order valence-electron chi connectivity index (χ4n) is 1.99. The van der Waals surface area contributed by atoms with Gasteiger partial charge in [-0.15, -0.1) is 0 Å². The molecule has 1 amide bonds. The fourth-order valence-corrected chi connectivity index (χ4v) is 2.50. The van der Waals surface area contributed by atoms with Crippen molar-refractivity contribution in [3.8, 4) is 0 Å². The lowest BCUT2D eigenvalue weighted by atomic mass is 10.1. The van der Waals surface area contributed by atoms with E-state index < -0.39 is 0 Å². The molecule has 0 bridgehead atoms. The number of aromatic nitrogens is 2. The van der Waals surface area contributed by atoms with Crippen LogP contribution in [0.25, 0.3) is 10.8 Å². The Balaban J connectivity index is 1.89. The molecule has 0 saturated carbocycles. The van der Waals surface area contributed by atoms with Gasteiger partial charge in [0.15, 0.2) is 0 Å². The Labute approximate surface area is 128 Å². The maximum absolute atomic E-state index is 12.0. The van der Waals surface area contributed by atoms with Crippen molar-refractivity contribution in [1.82, 2.24) is 10.2 Å². The number of aromatic amines is 1. The fraction of sp³-hybridized carbons (Fsp3) is 0. The number of hydrogen-bond acceptors (Lipinski definition) is 3. The molecule has 1 heterocycles. The van der Waals surface area contributed by atoms with Crippen LogP contribution >= 0.6 is 15.9 Å². The summed E-state index contributed by atoms with van der Waals surface area (Å²) < 4.78 is 1.00. The monoisotopic (exact) mass is 343 g/mol. The van der Waals surface area contributed by atoms with Crippen LogP contribution in [-0.4, -0.2) is 16.1 Å². The zero-order chi connectivity index (χ0) is 14.8. The third-order valence-corrected chi connectivity index (χ3v) is 3.69. The SMILES string of the molecule is O=C(Nc1ccc2c(Br)cccc2c1)c1ccc(=O)[nH]n1. The Morgan fingerprint density at radius 3 is 2.76 bits per heavy atom. The molecule has 0 aliphatic carbocycles. The van der Waals surface area contributed by atoms with Crippen LogP contribution in [0.2, 0.25) is 0 Å². The Hall–Kier alpha value is -2.47. The highest BCUT2D eigenvalue weighted by Crippen LogP contribution is 2.26. The van der Waals surface area contributed by atoms with E-state index in [0.717, 1.165) is 15.2 Å². The zero-order valence-electron chi connectivity index (χ0n) is 10.8. The van der Waals surface area contributed by atoms with E-state index in [9.17, 15) is 9.59 Å². The van der Waals surface area contributed by atoms with Crippen molar-refractivity contribution in [2.24, 2.45) is 0 Å². The van der Waals surface area contributed by atoms with Crippen molar-refractivity contribution in [3.63, 3.8) is 0 Å². The molecule has 2 aromatic carbocycles. The summed E-state index contributed by atoms with van der Waals surface area (Å²) in [6.07, 6.45) is 0. The molecule has 21 heavy (non-hydrogen) atoms. The molecule has 3 aromatic rings. The Bertz CT molecular complexity index is 869. The molecule has 0 atom stereocenters. The number of amides is 1. The molecule has 0 spiro atoms. The topological polar surface area (TPSA) is 74.8 Å². The molecule has 3 rings (SSSR count). The van der Waals surface area contributed by atoms with E-state index in [4.69, 9.17) is 0 Å². The second-order valence-corrected chi connectivity index (χ2v) is 5.29. The Morgan fingerprint density at radius 2 is 2.00 bits per heavy atom. The first-order chi connectivity index (χ1) is 10.1. The highest BCUT2D eigenvalue weighted by atomic mass is 79.9. The number of fused-ring (bicyclic) bond motifs is 1. The standard InChI is InChI=1S/C15H10BrN3O2/c16-12-3-1-2-9-8-10(4-5-11(9)12)17-15(21)13-6-7-14(20)19-18-13/h1-8H,(H,17,21)(H,19,20). The minimum absolute atomic E-state index is 0.156. The molecule has 5 nitrogen and oxygen atoms in total. The molecule has 0 saturated heterocycles. The number of carbonyl (C=O) groups is 1. The van der Waals surface area contributed by atoms with Crippen molar-refractivity contribution in [2.45, 2.75) is 0 Å². The van der Waals surface area contributed by atoms with Crippen LogP contribution in [0.5, 0.6) is 0 Å². The maximum atomic E-state index is 12.0. The van der Waals surface area contributed by atoms with Crippen molar-refractivity contribution in [2.75, 3.05) is 5.32 Å². The predicted octanol–water partition coefficient (Wildman–Crippen LogP) is 2.94. The summed E-state index contributed by atoms with van der Waals surface area (Å²) in [4.78, 5) is 23.0. The number of nitrogens with one attached hydrogen (secondary N) is 2. The molecule has 0 aliphatic rings. The molecular weight excluding hydrogens is 334 g/mol. The zero-order valence-corrected chi connectivity index (χ0v) is 12.3. The van der Waals surface area contributed by atoms with Crippen LogP contribution in [0.4, 0.5) is 5.69 Å². The van der Waals surface area contributed by atoms with Gasteiger partial charge in [0, 0.05) is 16.2 Å². The van der Waals surface area contributed by atoms with Gasteiger partial charge < -0.3 is 5.32 Å². The van der Waals surface area contributed by atoms with Gasteiger partial charge in [-0.05, 0) is 35.0 Å². The number of halogens is 1. The van der Waals surface area contributed by atoms with Crippen molar-refractivity contribution in [1.29, 1.82) is 0 Å². The van der Waals surface area contributed by atoms with Crippen LogP contribution in [0, 0.1) is 0 Å². The number of rotatable bonds is 2. The second kappa shape index (κ2) is 5.49. The van der Waals surface area contributed by atoms with Crippen molar-refractivity contribution < 1.29 is 4.79 Å². The summed E-state index contributed by atoms with van der Waals surface area (Å²) in [5, 5.41) is 10.8. The maximum Gasteiger partial charge on any atom is 0.276 e. The lowest BCUT2D eigenvalue weighted by molar-refractivity contribution is 0.102. The number of carbonyl (C=O) groups excluding carboxylic acids is 1. The van der Waals surface area contributed by atoms with Gasteiger partial charge in [-0.25, -0.2) is 5.10 Å². The van der Waals surface area contributed by atoms with Crippen LogP contribution in [-0.2, 0) is 0 Å². The number of hydrogen-bond donors (Lipinski definition) is 2. The van der Waals surface area contributed by atoms with Crippen LogP contribution in [0.3, 0.4) is 0 Å². The molecule has 0 fully saturated rings. The smallest absolute Gasteiger partial charge is 0.276 e. The van der Waals surface area contributed by atoms with Gasteiger partial charge in [0.2, 0.25) is 0 Å². The van der Waals surface area contributed by atoms with Gasteiger partial charge >= 0.3 is 0 Å². The summed E-state index contributed by atoms with van der Waals surface area (Å²) in [5.74, 6) is -0.374. The third kappa shape index (κ3) is 2.85. The van der Waals surface area contributed by atoms with Gasteiger partial charge in [0.25, 0.3) is 11.5 Å². The minimum Gasteiger partial charge on any atom is -0.321 e. The molecular formula is C15H10BrN3O2. The highest BCUT2D eigenvalue weighted by molar-refractivity contribution is 9.10. The number of nitrogens with zero attached hydrogens (tertiary/aromatic N) is 1. The molecule has 6 heteroatoms. The lowest BCUT2D eigenvalue weighted by Crippen LogP contribution is -2.17. The molecule has 0 radical (unpaired) electrons. The average Bonchev–Trinajstić information content (AvgIpc) is 2.48. The first kappa shape index (κ1) is 13.5. The molecule has 0 unspecified atom stereocenters. The van der Waals surface area contributed by atoms with Gasteiger partial charge in [0.1, 0.15) is 5.69 Å². The van der Waals surface area contributed by atoms with E-state index in [1.54, 1.807) is 0 Å². The summed E-state index contributed by atoms with van der Waals surface area (Å²) in [5.41, 5.74) is 0.477. The van der Waals surface area contributed by atoms with Gasteiger partial charge in [-0.1, -0.05) is 34.1 Å². The van der Waals surface area contributed by atoms with Gasteiger partial charge in [-0.2, -0.15) is 5.10 Å². The van der Waals surface area contributed by atoms with Crippen molar-refractivity contribution >= 4 is 38.3 Å². The first-order valence-electron chi connectivity index (χ1n) is 6.19. The summed E-state index contributed by atoms with van der Waals surface area (Å²) in [6, 6.07) is 14.1. The summed E-state index contributed by atoms with van der Waals surface area (Å²) in [7, 11) is 0. The third-order valence-electron chi connectivity index (χ3n) is 3.00. The largest absolute Gasteiger partial charge is 0.321 e. The highest BCUT2D eigenvalue weighted by Gasteiger charge is 2.08. The van der Waals surface area contributed by atoms with Crippen molar-refractivity contribution in [3.05, 3.63) is 69.1 Å². The summed E-state index contributed by atoms with van der Waals surface area (Å²) >= 11 is 3.48. The minimum atomic E-state index is -0.374. The Kier molecular flexibility index (Phi) is 3.53. The summed E-state index contributed by atoms with van der Waals surface area (Å²) in [6.45, 7) is 0. The number of H-pyrrole nitrogens is 1. The van der Waals surface area contributed by atoms with E-state index in [-0.39, 0.29) is 17.2 Å². The van der Waals surface area contributed by atoms with E-state index in [0.29, 0.717) is 5.69 Å². The molecule has 1 aromatic heterocycles. The van der Waals surface area contributed by atoms with Crippen LogP contribution in [0.15, 0.2) is 57.8 Å². The lowest BCUT2D eigenvalue weighted by Gasteiger charge is -2.06.